The highest BCUT2D eigenvalue weighted by molar-refractivity contribution is 7.99. The quantitative estimate of drug-likeness (QED) is 0.905. The first-order valence-electron chi connectivity index (χ1n) is 7.22. The Morgan fingerprint density at radius 1 is 1.28 bits per heavy atom. The summed E-state index contributed by atoms with van der Waals surface area (Å²) in [6.45, 7) is 2.10. The summed E-state index contributed by atoms with van der Waals surface area (Å²) in [5.41, 5.74) is 1.14. The van der Waals surface area contributed by atoms with Crippen molar-refractivity contribution in [1.29, 1.82) is 0 Å². The Morgan fingerprint density at radius 3 is 2.83 bits per heavy atom. The third kappa shape index (κ3) is 2.68. The number of hydrogen-bond donors (Lipinski definition) is 1. The van der Waals surface area contributed by atoms with Crippen LogP contribution in [-0.2, 0) is 0 Å². The Kier molecular flexibility index (Phi) is 3.83. The molecule has 0 amide bonds. The minimum absolute atomic E-state index is 0.647. The lowest BCUT2D eigenvalue weighted by Crippen LogP contribution is -2.25. The summed E-state index contributed by atoms with van der Waals surface area (Å²) in [6, 6.07) is 1.30. The number of hydrogen-bond acceptors (Lipinski definition) is 3. The lowest BCUT2D eigenvalue weighted by atomic mass is 9.96. The molecule has 1 aromatic rings. The second-order valence-electron chi connectivity index (χ2n) is 5.61. The largest absolute Gasteiger partial charge is 0.353 e. The smallest absolute Gasteiger partial charge is 0.203 e. The molecule has 1 unspecified atom stereocenters. The van der Waals surface area contributed by atoms with Crippen LogP contribution in [0.3, 0.4) is 0 Å². The molecule has 3 nitrogen and oxygen atoms in total. The molecular weight excluding hydrogens is 242 g/mol. The van der Waals surface area contributed by atoms with Crippen molar-refractivity contribution < 1.29 is 0 Å². The standard InChI is InChI=1S/C14H23N3S/c1-11-9-17(13-7-8-18-10-13)14(15-11)16-12-5-3-2-4-6-12/h9,12-13H,2-8,10H2,1H3,(H,15,16). The number of aromatic nitrogens is 2. The van der Waals surface area contributed by atoms with Crippen LogP contribution in [0.25, 0.3) is 0 Å². The topological polar surface area (TPSA) is 29.9 Å². The van der Waals surface area contributed by atoms with Gasteiger partial charge in [0.25, 0.3) is 0 Å². The third-order valence-corrected chi connectivity index (χ3v) is 5.24. The molecule has 1 saturated carbocycles. The molecule has 1 aromatic heterocycles. The van der Waals surface area contributed by atoms with E-state index in [2.05, 4.69) is 34.8 Å². The van der Waals surface area contributed by atoms with E-state index in [9.17, 15) is 0 Å². The van der Waals surface area contributed by atoms with Gasteiger partial charge in [0.2, 0.25) is 5.95 Å². The molecule has 100 valence electrons. The molecule has 18 heavy (non-hydrogen) atoms. The first-order valence-corrected chi connectivity index (χ1v) is 8.38. The van der Waals surface area contributed by atoms with Gasteiger partial charge in [0.1, 0.15) is 0 Å². The molecule has 2 aliphatic rings. The Morgan fingerprint density at radius 2 is 2.11 bits per heavy atom. The van der Waals surface area contributed by atoms with Crippen LogP contribution in [-0.4, -0.2) is 27.1 Å². The molecular formula is C14H23N3S. The number of nitrogens with zero attached hydrogens (tertiary/aromatic N) is 2. The fraction of sp³-hybridized carbons (Fsp3) is 0.786. The van der Waals surface area contributed by atoms with Gasteiger partial charge in [-0.15, -0.1) is 0 Å². The Balaban J connectivity index is 1.73. The minimum atomic E-state index is 0.647. The summed E-state index contributed by atoms with van der Waals surface area (Å²) in [5.74, 6) is 3.66. The minimum Gasteiger partial charge on any atom is -0.353 e. The molecule has 0 bridgehead atoms. The SMILES string of the molecule is Cc1cn(C2CCSC2)c(NC2CCCCC2)n1. The maximum Gasteiger partial charge on any atom is 0.203 e. The van der Waals surface area contributed by atoms with Crippen molar-refractivity contribution in [3.8, 4) is 0 Å². The van der Waals surface area contributed by atoms with Crippen LogP contribution in [0.2, 0.25) is 0 Å². The molecule has 1 saturated heterocycles. The number of aryl methyl sites for hydroxylation is 1. The van der Waals surface area contributed by atoms with Crippen molar-refractivity contribution in [2.75, 3.05) is 16.8 Å². The lowest BCUT2D eigenvalue weighted by Gasteiger charge is -2.24. The van der Waals surface area contributed by atoms with E-state index in [1.165, 1.54) is 50.0 Å². The molecule has 0 aromatic carbocycles. The van der Waals surface area contributed by atoms with Crippen molar-refractivity contribution >= 4 is 17.7 Å². The van der Waals surface area contributed by atoms with E-state index < -0.39 is 0 Å². The van der Waals surface area contributed by atoms with Crippen LogP contribution in [0.15, 0.2) is 6.20 Å². The number of thioether (sulfide) groups is 1. The van der Waals surface area contributed by atoms with Gasteiger partial charge >= 0.3 is 0 Å². The molecule has 1 aliphatic heterocycles. The predicted molar refractivity (Wildman–Crippen MR) is 78.4 cm³/mol. The summed E-state index contributed by atoms with van der Waals surface area (Å²) in [4.78, 5) is 4.69. The first-order chi connectivity index (χ1) is 8.83. The van der Waals surface area contributed by atoms with Gasteiger partial charge in [-0.25, -0.2) is 4.98 Å². The molecule has 2 fully saturated rings. The fourth-order valence-corrected chi connectivity index (χ4v) is 4.28. The van der Waals surface area contributed by atoms with Gasteiger partial charge in [-0.1, -0.05) is 19.3 Å². The summed E-state index contributed by atoms with van der Waals surface area (Å²) in [5, 5.41) is 3.69. The average molecular weight is 265 g/mol. The molecule has 1 atom stereocenters. The highest BCUT2D eigenvalue weighted by atomic mass is 32.2. The zero-order valence-corrected chi connectivity index (χ0v) is 12.0. The van der Waals surface area contributed by atoms with Crippen LogP contribution in [0.1, 0.15) is 50.3 Å². The Labute approximate surface area is 114 Å². The van der Waals surface area contributed by atoms with Crippen LogP contribution >= 0.6 is 11.8 Å². The van der Waals surface area contributed by atoms with Crippen molar-refractivity contribution in [2.45, 2.75) is 57.5 Å². The lowest BCUT2D eigenvalue weighted by molar-refractivity contribution is 0.456. The number of imidazole rings is 1. The molecule has 1 N–H and O–H groups in total. The van der Waals surface area contributed by atoms with E-state index >= 15 is 0 Å². The fourth-order valence-electron chi connectivity index (χ4n) is 3.07. The normalized spacial score (nSPS) is 25.5. The van der Waals surface area contributed by atoms with Gasteiger partial charge in [-0.2, -0.15) is 11.8 Å². The van der Waals surface area contributed by atoms with Crippen LogP contribution in [0, 0.1) is 6.92 Å². The highest BCUT2D eigenvalue weighted by Gasteiger charge is 2.22. The second kappa shape index (κ2) is 5.55. The second-order valence-corrected chi connectivity index (χ2v) is 6.76. The molecule has 3 rings (SSSR count). The Hall–Kier alpha value is -0.640. The maximum absolute atomic E-state index is 4.69. The zero-order chi connectivity index (χ0) is 12.4. The molecule has 4 heteroatoms. The summed E-state index contributed by atoms with van der Waals surface area (Å²) >= 11 is 2.06. The monoisotopic (exact) mass is 265 g/mol. The third-order valence-electron chi connectivity index (χ3n) is 4.09. The van der Waals surface area contributed by atoms with E-state index in [-0.39, 0.29) is 0 Å². The van der Waals surface area contributed by atoms with Gasteiger partial charge in [-0.05, 0) is 31.9 Å². The molecule has 1 aliphatic carbocycles. The molecule has 2 heterocycles. The summed E-state index contributed by atoms with van der Waals surface area (Å²) in [6.07, 6.45) is 10.3. The van der Waals surface area contributed by atoms with Crippen molar-refractivity contribution in [3.63, 3.8) is 0 Å². The van der Waals surface area contributed by atoms with Crippen LogP contribution in [0.5, 0.6) is 0 Å². The van der Waals surface area contributed by atoms with Gasteiger partial charge < -0.3 is 9.88 Å². The van der Waals surface area contributed by atoms with Crippen LogP contribution in [0.4, 0.5) is 5.95 Å². The number of rotatable bonds is 3. The van der Waals surface area contributed by atoms with E-state index in [4.69, 9.17) is 4.98 Å². The van der Waals surface area contributed by atoms with Crippen LogP contribution < -0.4 is 5.32 Å². The van der Waals surface area contributed by atoms with Crippen molar-refractivity contribution in [1.82, 2.24) is 9.55 Å². The predicted octanol–water partition coefficient (Wildman–Crippen LogP) is 3.61. The highest BCUT2D eigenvalue weighted by Crippen LogP contribution is 2.31. The summed E-state index contributed by atoms with van der Waals surface area (Å²) in [7, 11) is 0. The van der Waals surface area contributed by atoms with Crippen molar-refractivity contribution in [2.24, 2.45) is 0 Å². The van der Waals surface area contributed by atoms with E-state index in [1.54, 1.807) is 0 Å². The number of nitrogens with one attached hydrogen (secondary N) is 1. The van der Waals surface area contributed by atoms with Gasteiger partial charge in [0, 0.05) is 24.0 Å². The average Bonchev–Trinajstić information content (AvgIpc) is 3.00. The van der Waals surface area contributed by atoms with E-state index in [0.717, 1.165) is 11.6 Å². The molecule has 0 spiro atoms. The van der Waals surface area contributed by atoms with E-state index in [1.807, 2.05) is 0 Å². The summed E-state index contributed by atoms with van der Waals surface area (Å²) < 4.78 is 2.39. The Bertz CT molecular complexity index is 390. The van der Waals surface area contributed by atoms with Gasteiger partial charge in [-0.3, -0.25) is 0 Å². The van der Waals surface area contributed by atoms with Gasteiger partial charge in [0.05, 0.1) is 5.69 Å². The molecule has 0 radical (unpaired) electrons. The zero-order valence-electron chi connectivity index (χ0n) is 11.2. The first kappa shape index (κ1) is 12.4. The van der Waals surface area contributed by atoms with E-state index in [0.29, 0.717) is 12.1 Å². The maximum atomic E-state index is 4.69. The number of anilines is 1. The van der Waals surface area contributed by atoms with Gasteiger partial charge in [0.15, 0.2) is 0 Å². The van der Waals surface area contributed by atoms with Crippen molar-refractivity contribution in [3.05, 3.63) is 11.9 Å².